The second-order valence-corrected chi connectivity index (χ2v) is 11.3. The molecule has 1 unspecified atom stereocenters. The summed E-state index contributed by atoms with van der Waals surface area (Å²) in [5.41, 5.74) is 5.10. The van der Waals surface area contributed by atoms with E-state index in [0.29, 0.717) is 37.6 Å². The summed E-state index contributed by atoms with van der Waals surface area (Å²) in [6.07, 6.45) is 7.85. The number of likely N-dealkylation sites (tertiary alicyclic amines) is 1. The Morgan fingerprint density at radius 2 is 1.78 bits per heavy atom. The summed E-state index contributed by atoms with van der Waals surface area (Å²) < 4.78 is 6.16. The molecule has 4 aliphatic rings. The smallest absolute Gasteiger partial charge is 0.255 e. The van der Waals surface area contributed by atoms with E-state index >= 15 is 0 Å². The van der Waals surface area contributed by atoms with Gasteiger partial charge in [-0.15, -0.1) is 0 Å². The van der Waals surface area contributed by atoms with Crippen LogP contribution in [0.25, 0.3) is 0 Å². The molecule has 3 aliphatic heterocycles. The van der Waals surface area contributed by atoms with Crippen LogP contribution in [0.1, 0.15) is 65.6 Å². The minimum absolute atomic E-state index is 0.0214. The summed E-state index contributed by atoms with van der Waals surface area (Å²) >= 11 is 0. The summed E-state index contributed by atoms with van der Waals surface area (Å²) in [6, 6.07) is 17.0. The maximum atomic E-state index is 13.1. The van der Waals surface area contributed by atoms with Gasteiger partial charge in [-0.05, 0) is 60.8 Å². The first-order valence-electron chi connectivity index (χ1n) is 13.9. The summed E-state index contributed by atoms with van der Waals surface area (Å²) in [5.74, 6) is 0.500. The molecule has 3 heterocycles. The number of hydrogen-bond acceptors (Lipinski definition) is 4. The number of hydrogen-bond donors (Lipinski definition) is 1. The topological polar surface area (TPSA) is 61.9 Å². The van der Waals surface area contributed by atoms with Gasteiger partial charge >= 0.3 is 0 Å². The first kappa shape index (κ1) is 24.4. The van der Waals surface area contributed by atoms with Crippen LogP contribution in [0, 0.1) is 5.92 Å². The highest BCUT2D eigenvalue weighted by atomic mass is 16.5. The van der Waals surface area contributed by atoms with Crippen molar-refractivity contribution >= 4 is 11.8 Å². The van der Waals surface area contributed by atoms with E-state index in [1.807, 2.05) is 12.1 Å². The van der Waals surface area contributed by atoms with Crippen molar-refractivity contribution in [3.05, 3.63) is 83.1 Å². The van der Waals surface area contributed by atoms with Crippen LogP contribution in [-0.4, -0.2) is 52.9 Å². The molecule has 2 saturated heterocycles. The van der Waals surface area contributed by atoms with Gasteiger partial charge in [0.2, 0.25) is 5.91 Å². The van der Waals surface area contributed by atoms with Crippen molar-refractivity contribution in [2.45, 2.75) is 76.3 Å². The number of benzene rings is 2. The average Bonchev–Trinajstić information content (AvgIpc) is 3.20. The minimum Gasteiger partial charge on any atom is -0.371 e. The molecule has 194 valence electrons. The number of fused-ring (bicyclic) bond motifs is 1. The molecule has 0 aromatic heterocycles. The Hall–Kier alpha value is -2.96. The van der Waals surface area contributed by atoms with E-state index in [1.165, 1.54) is 36.8 Å². The third kappa shape index (κ3) is 5.10. The summed E-state index contributed by atoms with van der Waals surface area (Å²) in [5, 5.41) is 2.82. The van der Waals surface area contributed by atoms with Crippen LogP contribution in [0.4, 0.5) is 0 Å². The number of ether oxygens (including phenoxy) is 1. The standard InChI is InChI=1S/C31H37N3O3/c1-21-11-14-29(30(35)32-21)34-17-25-16-23(12-13-27(25)31(34)36)15-24-9-5-6-10-28(24)33-18-26(19-33)37-20-22-7-3-2-4-8-22/h2-4,7-8,12-13,16,24,26,28-29H,1,5-6,9-11,14-15,17-20H2,(H,32,35)/t24-,28+,29?/m1/s1. The molecule has 37 heavy (non-hydrogen) atoms. The zero-order chi connectivity index (χ0) is 25.4. The predicted molar refractivity (Wildman–Crippen MR) is 143 cm³/mol. The van der Waals surface area contributed by atoms with Crippen molar-refractivity contribution in [3.8, 4) is 0 Å². The Balaban J connectivity index is 1.06. The van der Waals surface area contributed by atoms with Gasteiger partial charge in [0.15, 0.2) is 0 Å². The number of carbonyl (C=O) groups is 2. The van der Waals surface area contributed by atoms with E-state index < -0.39 is 6.04 Å². The Bertz CT molecular complexity index is 1170. The van der Waals surface area contributed by atoms with Crippen molar-refractivity contribution in [2.24, 2.45) is 5.92 Å². The predicted octanol–water partition coefficient (Wildman–Crippen LogP) is 4.44. The van der Waals surface area contributed by atoms with E-state index in [0.717, 1.165) is 42.8 Å². The summed E-state index contributed by atoms with van der Waals surface area (Å²) in [7, 11) is 0. The largest absolute Gasteiger partial charge is 0.371 e. The lowest BCUT2D eigenvalue weighted by Gasteiger charge is -2.48. The van der Waals surface area contributed by atoms with E-state index in [-0.39, 0.29) is 11.8 Å². The van der Waals surface area contributed by atoms with Gasteiger partial charge in [-0.1, -0.05) is 61.9 Å². The van der Waals surface area contributed by atoms with Gasteiger partial charge in [-0.3, -0.25) is 14.5 Å². The van der Waals surface area contributed by atoms with Crippen molar-refractivity contribution in [2.75, 3.05) is 13.1 Å². The summed E-state index contributed by atoms with van der Waals surface area (Å²) in [6.45, 7) is 7.12. The van der Waals surface area contributed by atoms with E-state index in [4.69, 9.17) is 4.74 Å². The maximum absolute atomic E-state index is 13.1. The van der Waals surface area contributed by atoms with E-state index in [9.17, 15) is 9.59 Å². The molecule has 6 nitrogen and oxygen atoms in total. The second-order valence-electron chi connectivity index (χ2n) is 11.3. The molecule has 3 atom stereocenters. The quantitative estimate of drug-likeness (QED) is 0.612. The zero-order valence-electron chi connectivity index (χ0n) is 21.5. The van der Waals surface area contributed by atoms with Gasteiger partial charge in [0, 0.05) is 36.9 Å². The monoisotopic (exact) mass is 499 g/mol. The molecule has 0 radical (unpaired) electrons. The fourth-order valence-corrected chi connectivity index (χ4v) is 6.68. The molecule has 0 bridgehead atoms. The Morgan fingerprint density at radius 3 is 2.59 bits per heavy atom. The van der Waals surface area contributed by atoms with E-state index in [2.05, 4.69) is 53.2 Å². The Labute approximate surface area is 219 Å². The highest BCUT2D eigenvalue weighted by Gasteiger charge is 2.40. The van der Waals surface area contributed by atoms with Crippen LogP contribution < -0.4 is 5.32 Å². The average molecular weight is 500 g/mol. The number of allylic oxidation sites excluding steroid dienone is 1. The highest BCUT2D eigenvalue weighted by Crippen LogP contribution is 2.35. The number of nitrogens with one attached hydrogen (secondary N) is 1. The molecule has 0 spiro atoms. The molecule has 2 aromatic rings. The van der Waals surface area contributed by atoms with Gasteiger partial charge in [0.1, 0.15) is 6.04 Å². The van der Waals surface area contributed by atoms with Crippen molar-refractivity contribution in [3.63, 3.8) is 0 Å². The molecular weight excluding hydrogens is 462 g/mol. The third-order valence-electron chi connectivity index (χ3n) is 8.74. The first-order valence-corrected chi connectivity index (χ1v) is 13.9. The van der Waals surface area contributed by atoms with Crippen LogP contribution in [0.2, 0.25) is 0 Å². The molecule has 1 N–H and O–H groups in total. The molecule has 6 heteroatoms. The first-order chi connectivity index (χ1) is 18.0. The fraction of sp³-hybridized carbons (Fsp3) is 0.484. The molecule has 6 rings (SSSR count). The van der Waals surface area contributed by atoms with Crippen molar-refractivity contribution < 1.29 is 14.3 Å². The van der Waals surface area contributed by atoms with Gasteiger partial charge < -0.3 is 15.0 Å². The maximum Gasteiger partial charge on any atom is 0.255 e. The Morgan fingerprint density at radius 1 is 0.973 bits per heavy atom. The number of amides is 2. The SMILES string of the molecule is C=C1CCC(N2Cc3cc(C[C@H]4CCCC[C@@H]4N4CC(OCc5ccccc5)C4)ccc3C2=O)C(=O)N1. The molecule has 2 aromatic carbocycles. The number of rotatable bonds is 7. The van der Waals surface area contributed by atoms with Gasteiger partial charge in [-0.25, -0.2) is 0 Å². The van der Waals surface area contributed by atoms with Crippen LogP contribution in [-0.2, 0) is 29.1 Å². The van der Waals surface area contributed by atoms with Crippen LogP contribution in [0.3, 0.4) is 0 Å². The van der Waals surface area contributed by atoms with Crippen LogP contribution >= 0.6 is 0 Å². The Kier molecular flexibility index (Phi) is 6.87. The highest BCUT2D eigenvalue weighted by molar-refractivity contribution is 6.01. The lowest BCUT2D eigenvalue weighted by molar-refractivity contribution is -0.126. The lowest BCUT2D eigenvalue weighted by Crippen LogP contribution is -2.59. The molecule has 3 fully saturated rings. The van der Waals surface area contributed by atoms with Gasteiger partial charge in [0.25, 0.3) is 5.91 Å². The number of carbonyl (C=O) groups excluding carboxylic acids is 2. The van der Waals surface area contributed by atoms with Gasteiger partial charge in [-0.2, -0.15) is 0 Å². The molecular formula is C31H37N3O3. The van der Waals surface area contributed by atoms with Gasteiger partial charge in [0.05, 0.1) is 12.7 Å². The summed E-state index contributed by atoms with van der Waals surface area (Å²) in [4.78, 5) is 30.0. The van der Waals surface area contributed by atoms with Crippen LogP contribution in [0.5, 0.6) is 0 Å². The molecule has 2 amide bonds. The molecule has 1 aliphatic carbocycles. The second kappa shape index (κ2) is 10.4. The van der Waals surface area contributed by atoms with Crippen molar-refractivity contribution in [1.82, 2.24) is 15.1 Å². The lowest BCUT2D eigenvalue weighted by atomic mass is 9.78. The molecule has 1 saturated carbocycles. The number of nitrogens with zero attached hydrogens (tertiary/aromatic N) is 2. The third-order valence-corrected chi connectivity index (χ3v) is 8.74. The van der Waals surface area contributed by atoms with Crippen molar-refractivity contribution in [1.29, 1.82) is 0 Å². The zero-order valence-corrected chi connectivity index (χ0v) is 21.5. The van der Waals surface area contributed by atoms with Crippen LogP contribution in [0.15, 0.2) is 60.8 Å². The normalized spacial score (nSPS) is 26.6. The minimum atomic E-state index is -0.403. The number of piperidine rings is 1. The van der Waals surface area contributed by atoms with E-state index in [1.54, 1.807) is 4.90 Å². The fourth-order valence-electron chi connectivity index (χ4n) is 6.68.